The molecular weight excluding hydrogens is 208 g/mol. The van der Waals surface area contributed by atoms with E-state index in [4.69, 9.17) is 0 Å². The van der Waals surface area contributed by atoms with Crippen LogP contribution in [0.1, 0.15) is 59.3 Å². The Morgan fingerprint density at radius 2 is 1.88 bits per heavy atom. The molecule has 17 heavy (non-hydrogen) atoms. The van der Waals surface area contributed by atoms with E-state index in [2.05, 4.69) is 31.0 Å². The number of hydrogen-bond acceptors (Lipinski definition) is 2. The molecule has 2 heteroatoms. The van der Waals surface area contributed by atoms with E-state index in [0.717, 1.165) is 18.5 Å². The molecule has 1 aliphatic heterocycles. The van der Waals surface area contributed by atoms with Gasteiger partial charge in [0.2, 0.25) is 0 Å². The Kier molecular flexibility index (Phi) is 4.48. The summed E-state index contributed by atoms with van der Waals surface area (Å²) < 4.78 is 0. The van der Waals surface area contributed by atoms with Crippen LogP contribution in [0.4, 0.5) is 0 Å². The van der Waals surface area contributed by atoms with Gasteiger partial charge in [-0.3, -0.25) is 4.90 Å². The summed E-state index contributed by atoms with van der Waals surface area (Å²) in [6.07, 6.45) is 8.64. The first-order chi connectivity index (χ1) is 8.13. The Bertz CT molecular complexity index is 229. The molecule has 0 bridgehead atoms. The lowest BCUT2D eigenvalue weighted by Gasteiger charge is -2.49. The normalized spacial score (nSPS) is 34.8. The first kappa shape index (κ1) is 13.4. The van der Waals surface area contributed by atoms with Gasteiger partial charge in [0, 0.05) is 31.2 Å². The second kappa shape index (κ2) is 5.71. The van der Waals surface area contributed by atoms with Crippen molar-refractivity contribution in [3.8, 4) is 0 Å². The standard InChI is InChI=1S/C15H30N2/c1-4-5-13-6-8-14(9-7-13)17-11-10-16-12-15(17,2)3/h13-14,16H,4-12H2,1-3H3. The molecule has 0 unspecified atom stereocenters. The second-order valence-corrected chi connectivity index (χ2v) is 6.65. The molecule has 1 saturated carbocycles. The molecule has 0 spiro atoms. The predicted molar refractivity (Wildman–Crippen MR) is 74.3 cm³/mol. The second-order valence-electron chi connectivity index (χ2n) is 6.65. The quantitative estimate of drug-likeness (QED) is 0.813. The summed E-state index contributed by atoms with van der Waals surface area (Å²) in [6, 6.07) is 0.861. The number of rotatable bonds is 3. The van der Waals surface area contributed by atoms with Gasteiger partial charge < -0.3 is 5.32 Å². The van der Waals surface area contributed by atoms with Gasteiger partial charge >= 0.3 is 0 Å². The SMILES string of the molecule is CCCC1CCC(N2CCNCC2(C)C)CC1. The van der Waals surface area contributed by atoms with Gasteiger partial charge in [-0.25, -0.2) is 0 Å². The fourth-order valence-corrected chi connectivity index (χ4v) is 3.83. The number of nitrogens with zero attached hydrogens (tertiary/aromatic N) is 1. The van der Waals surface area contributed by atoms with Gasteiger partial charge in [-0.1, -0.05) is 19.8 Å². The maximum absolute atomic E-state index is 3.53. The predicted octanol–water partition coefficient (Wildman–Crippen LogP) is 3.03. The van der Waals surface area contributed by atoms with Crippen LogP contribution in [-0.2, 0) is 0 Å². The Morgan fingerprint density at radius 3 is 2.47 bits per heavy atom. The molecule has 0 amide bonds. The zero-order valence-corrected chi connectivity index (χ0v) is 12.0. The van der Waals surface area contributed by atoms with Gasteiger partial charge in [0.05, 0.1) is 0 Å². The molecule has 0 aromatic carbocycles. The molecule has 2 aliphatic rings. The summed E-state index contributed by atoms with van der Waals surface area (Å²) >= 11 is 0. The molecule has 0 aromatic rings. The minimum absolute atomic E-state index is 0.362. The van der Waals surface area contributed by atoms with E-state index in [0.29, 0.717) is 5.54 Å². The molecule has 1 heterocycles. The lowest BCUT2D eigenvalue weighted by atomic mass is 9.81. The smallest absolute Gasteiger partial charge is 0.0281 e. The Labute approximate surface area is 107 Å². The molecule has 1 N–H and O–H groups in total. The zero-order valence-electron chi connectivity index (χ0n) is 12.0. The molecule has 2 rings (SSSR count). The van der Waals surface area contributed by atoms with Crippen molar-refractivity contribution in [1.82, 2.24) is 10.2 Å². The summed E-state index contributed by atoms with van der Waals surface area (Å²) in [7, 11) is 0. The number of nitrogens with one attached hydrogen (secondary N) is 1. The highest BCUT2D eigenvalue weighted by Crippen LogP contribution is 2.33. The molecule has 2 nitrogen and oxygen atoms in total. The highest BCUT2D eigenvalue weighted by Gasteiger charge is 2.36. The number of hydrogen-bond donors (Lipinski definition) is 1. The van der Waals surface area contributed by atoms with Crippen LogP contribution in [0.3, 0.4) is 0 Å². The molecule has 2 fully saturated rings. The first-order valence-corrected chi connectivity index (χ1v) is 7.61. The molecule has 1 aliphatic carbocycles. The van der Waals surface area contributed by atoms with Crippen molar-refractivity contribution in [2.24, 2.45) is 5.92 Å². The lowest BCUT2D eigenvalue weighted by molar-refractivity contribution is 0.0210. The van der Waals surface area contributed by atoms with Gasteiger partial charge in [-0.2, -0.15) is 0 Å². The first-order valence-electron chi connectivity index (χ1n) is 7.61. The van der Waals surface area contributed by atoms with E-state index in [1.54, 1.807) is 0 Å². The van der Waals surface area contributed by atoms with Crippen LogP contribution in [-0.4, -0.2) is 36.1 Å². The zero-order chi connectivity index (χ0) is 12.3. The van der Waals surface area contributed by atoms with Crippen LogP contribution in [0.15, 0.2) is 0 Å². The Hall–Kier alpha value is -0.0800. The van der Waals surface area contributed by atoms with Gasteiger partial charge in [0.15, 0.2) is 0 Å². The highest BCUT2D eigenvalue weighted by atomic mass is 15.3. The summed E-state index contributed by atoms with van der Waals surface area (Å²) in [5.41, 5.74) is 0.362. The third kappa shape index (κ3) is 3.23. The highest BCUT2D eigenvalue weighted by molar-refractivity contribution is 4.93. The van der Waals surface area contributed by atoms with Gasteiger partial charge in [0.1, 0.15) is 0 Å². The summed E-state index contributed by atoms with van der Waals surface area (Å²) in [6.45, 7) is 10.7. The lowest BCUT2D eigenvalue weighted by Crippen LogP contribution is -2.61. The molecule has 100 valence electrons. The fourth-order valence-electron chi connectivity index (χ4n) is 3.83. The van der Waals surface area contributed by atoms with Crippen molar-refractivity contribution in [1.29, 1.82) is 0 Å². The van der Waals surface area contributed by atoms with E-state index < -0.39 is 0 Å². The summed E-state index contributed by atoms with van der Waals surface area (Å²) in [5.74, 6) is 1.03. The van der Waals surface area contributed by atoms with Crippen LogP contribution in [0.25, 0.3) is 0 Å². The molecule has 0 atom stereocenters. The molecular formula is C15H30N2. The van der Waals surface area contributed by atoms with Crippen LogP contribution in [0, 0.1) is 5.92 Å². The van der Waals surface area contributed by atoms with Crippen molar-refractivity contribution in [2.45, 2.75) is 70.9 Å². The molecule has 0 aromatic heterocycles. The minimum atomic E-state index is 0.362. The minimum Gasteiger partial charge on any atom is -0.314 e. The molecule has 0 radical (unpaired) electrons. The van der Waals surface area contributed by atoms with E-state index in [1.165, 1.54) is 51.6 Å². The van der Waals surface area contributed by atoms with Crippen LogP contribution in [0.2, 0.25) is 0 Å². The van der Waals surface area contributed by atoms with Crippen molar-refractivity contribution >= 4 is 0 Å². The van der Waals surface area contributed by atoms with Gasteiger partial charge in [-0.05, 0) is 45.4 Å². The third-order valence-electron chi connectivity index (χ3n) is 4.82. The summed E-state index contributed by atoms with van der Waals surface area (Å²) in [5, 5.41) is 3.53. The topological polar surface area (TPSA) is 15.3 Å². The van der Waals surface area contributed by atoms with Crippen LogP contribution in [0.5, 0.6) is 0 Å². The maximum atomic E-state index is 3.53. The van der Waals surface area contributed by atoms with E-state index in [1.807, 2.05) is 0 Å². The maximum Gasteiger partial charge on any atom is 0.0281 e. The average molecular weight is 238 g/mol. The largest absolute Gasteiger partial charge is 0.314 e. The van der Waals surface area contributed by atoms with Crippen LogP contribution < -0.4 is 5.32 Å². The van der Waals surface area contributed by atoms with Gasteiger partial charge in [0.25, 0.3) is 0 Å². The molecule has 1 saturated heterocycles. The van der Waals surface area contributed by atoms with Gasteiger partial charge in [-0.15, -0.1) is 0 Å². The van der Waals surface area contributed by atoms with E-state index in [-0.39, 0.29) is 0 Å². The van der Waals surface area contributed by atoms with Crippen molar-refractivity contribution in [2.75, 3.05) is 19.6 Å². The Balaban J connectivity index is 1.87. The van der Waals surface area contributed by atoms with E-state index in [9.17, 15) is 0 Å². The average Bonchev–Trinajstić information content (AvgIpc) is 2.30. The van der Waals surface area contributed by atoms with Crippen molar-refractivity contribution in [3.05, 3.63) is 0 Å². The number of piperazine rings is 1. The van der Waals surface area contributed by atoms with Crippen molar-refractivity contribution in [3.63, 3.8) is 0 Å². The fraction of sp³-hybridized carbons (Fsp3) is 1.00. The van der Waals surface area contributed by atoms with E-state index >= 15 is 0 Å². The third-order valence-corrected chi connectivity index (χ3v) is 4.82. The monoisotopic (exact) mass is 238 g/mol. The Morgan fingerprint density at radius 1 is 1.18 bits per heavy atom. The summed E-state index contributed by atoms with van der Waals surface area (Å²) in [4.78, 5) is 2.78. The van der Waals surface area contributed by atoms with Crippen LogP contribution >= 0.6 is 0 Å². The van der Waals surface area contributed by atoms with Crippen molar-refractivity contribution < 1.29 is 0 Å².